The van der Waals surface area contributed by atoms with Crippen LogP contribution in [0, 0.1) is 0 Å². The number of hydrogen-bond donors (Lipinski definition) is 2. The van der Waals surface area contributed by atoms with E-state index in [-0.39, 0.29) is 6.61 Å². The Balaban J connectivity index is 0.000000486. The third-order valence-corrected chi connectivity index (χ3v) is 2.98. The maximum Gasteiger partial charge on any atom is 0.296 e. The second kappa shape index (κ2) is 7.93. The van der Waals surface area contributed by atoms with Gasteiger partial charge in [-0.2, -0.15) is 8.42 Å². The number of nitrogens with zero attached hydrogens (tertiary/aromatic N) is 1. The molecule has 0 amide bonds. The van der Waals surface area contributed by atoms with E-state index >= 15 is 0 Å². The highest BCUT2D eigenvalue weighted by Crippen LogP contribution is 2.22. The van der Waals surface area contributed by atoms with Gasteiger partial charge in [0.05, 0.1) is 33.5 Å². The molecule has 0 aliphatic rings. The molecule has 0 aliphatic carbocycles. The zero-order valence-corrected chi connectivity index (χ0v) is 12.8. The Morgan fingerprint density at radius 1 is 1.29 bits per heavy atom. The van der Waals surface area contributed by atoms with Crippen LogP contribution in [-0.2, 0) is 10.1 Å². The summed E-state index contributed by atoms with van der Waals surface area (Å²) in [7, 11) is 1.66. The van der Waals surface area contributed by atoms with E-state index < -0.39 is 26.9 Å². The molecule has 2 N–H and O–H groups in total. The first kappa shape index (κ1) is 19.3. The molecule has 0 heterocycles. The van der Waals surface area contributed by atoms with Crippen LogP contribution < -0.4 is 9.84 Å². The van der Waals surface area contributed by atoms with Crippen LogP contribution in [0.1, 0.15) is 0 Å². The number of carbonyl (C=O) groups is 1. The SMILES string of the molecule is C[N+](C)(C)CCO.O=C([O-])Oc1ccccc1S(=O)(=O)O. The lowest BCUT2D eigenvalue weighted by Crippen LogP contribution is -2.36. The standard InChI is InChI=1S/C7H6O6S.C5H14NO/c8-7(9)13-5-3-1-2-4-6(5)14(10,11)12;1-6(2,3)4-5-7/h1-4H,(H,8,9)(H,10,11,12);7H,4-5H2,1-3H3/q;+1/p-1. The van der Waals surface area contributed by atoms with Gasteiger partial charge in [0.15, 0.2) is 0 Å². The first-order chi connectivity index (χ1) is 9.47. The molecule has 21 heavy (non-hydrogen) atoms. The van der Waals surface area contributed by atoms with Crippen LogP contribution in [0.3, 0.4) is 0 Å². The second-order valence-electron chi connectivity index (χ2n) is 5.01. The summed E-state index contributed by atoms with van der Waals surface area (Å²) in [6.07, 6.45) is -1.90. The molecule has 0 saturated carbocycles. The second-order valence-corrected chi connectivity index (χ2v) is 6.40. The summed E-state index contributed by atoms with van der Waals surface area (Å²) < 4.78 is 34.9. The number of aliphatic hydroxyl groups excluding tert-OH is 1. The third kappa shape index (κ3) is 8.97. The first-order valence-electron chi connectivity index (χ1n) is 5.84. The molecule has 0 aliphatic heterocycles. The van der Waals surface area contributed by atoms with Crippen molar-refractivity contribution in [2.75, 3.05) is 34.3 Å². The fourth-order valence-electron chi connectivity index (χ4n) is 1.14. The summed E-state index contributed by atoms with van der Waals surface area (Å²) >= 11 is 0. The smallest absolute Gasteiger partial charge is 0.296 e. The van der Waals surface area contributed by atoms with Gasteiger partial charge in [-0.15, -0.1) is 0 Å². The number of para-hydroxylation sites is 1. The van der Waals surface area contributed by atoms with Gasteiger partial charge in [-0.05, 0) is 12.1 Å². The minimum atomic E-state index is -4.50. The summed E-state index contributed by atoms with van der Waals surface area (Å²) in [5.41, 5.74) is 0. The molecular weight excluding hydrogens is 302 g/mol. The maximum atomic E-state index is 10.7. The van der Waals surface area contributed by atoms with Crippen molar-refractivity contribution >= 4 is 16.3 Å². The van der Waals surface area contributed by atoms with Crippen molar-refractivity contribution in [1.29, 1.82) is 0 Å². The number of likely N-dealkylation sites (N-methyl/N-ethyl adjacent to an activating group) is 1. The van der Waals surface area contributed by atoms with Crippen LogP contribution >= 0.6 is 0 Å². The highest BCUT2D eigenvalue weighted by molar-refractivity contribution is 7.86. The number of carboxylic acid groups (broad SMARTS) is 1. The predicted molar refractivity (Wildman–Crippen MR) is 72.3 cm³/mol. The fraction of sp³-hybridized carbons (Fsp3) is 0.417. The number of carbonyl (C=O) groups excluding carboxylic acids is 1. The van der Waals surface area contributed by atoms with E-state index in [1.165, 1.54) is 12.1 Å². The van der Waals surface area contributed by atoms with E-state index in [0.717, 1.165) is 23.2 Å². The van der Waals surface area contributed by atoms with E-state index in [2.05, 4.69) is 25.9 Å². The van der Waals surface area contributed by atoms with Crippen molar-refractivity contribution in [3.63, 3.8) is 0 Å². The quantitative estimate of drug-likeness (QED) is 0.326. The normalized spacial score (nSPS) is 11.3. The van der Waals surface area contributed by atoms with Crippen molar-refractivity contribution < 1.29 is 37.2 Å². The van der Waals surface area contributed by atoms with Gasteiger partial charge in [-0.3, -0.25) is 4.55 Å². The highest BCUT2D eigenvalue weighted by atomic mass is 32.2. The lowest BCUT2D eigenvalue weighted by Gasteiger charge is -2.21. The van der Waals surface area contributed by atoms with Crippen LogP contribution in [-0.4, -0.2) is 63.0 Å². The molecular formula is C12H19NO7S. The Labute approximate surface area is 123 Å². The van der Waals surface area contributed by atoms with Gasteiger partial charge in [0, 0.05) is 0 Å². The van der Waals surface area contributed by atoms with Crippen molar-refractivity contribution in [3.8, 4) is 5.75 Å². The summed E-state index contributed by atoms with van der Waals surface area (Å²) in [5, 5.41) is 18.4. The molecule has 0 bridgehead atoms. The topological polar surface area (TPSA) is 124 Å². The van der Waals surface area contributed by atoms with Crippen molar-refractivity contribution in [2.24, 2.45) is 0 Å². The largest absolute Gasteiger partial charge is 0.513 e. The van der Waals surface area contributed by atoms with Crippen LogP contribution in [0.5, 0.6) is 5.75 Å². The number of rotatable bonds is 4. The van der Waals surface area contributed by atoms with E-state index in [1.807, 2.05) is 0 Å². The van der Waals surface area contributed by atoms with Gasteiger partial charge in [-0.25, -0.2) is 0 Å². The average Bonchev–Trinajstić information content (AvgIpc) is 2.26. The van der Waals surface area contributed by atoms with Crippen LogP contribution in [0.15, 0.2) is 29.2 Å². The van der Waals surface area contributed by atoms with Gasteiger partial charge < -0.3 is 24.2 Å². The highest BCUT2D eigenvalue weighted by Gasteiger charge is 2.13. The van der Waals surface area contributed by atoms with Gasteiger partial charge in [0.2, 0.25) is 0 Å². The molecule has 9 heteroatoms. The Bertz CT molecular complexity index is 563. The Morgan fingerprint density at radius 2 is 1.81 bits per heavy atom. The van der Waals surface area contributed by atoms with E-state index in [9.17, 15) is 18.3 Å². The van der Waals surface area contributed by atoms with Gasteiger partial charge >= 0.3 is 0 Å². The lowest BCUT2D eigenvalue weighted by atomic mass is 10.3. The Morgan fingerprint density at radius 3 is 2.14 bits per heavy atom. The van der Waals surface area contributed by atoms with Gasteiger partial charge in [-0.1, -0.05) is 12.1 Å². The number of quaternary nitrogens is 1. The lowest BCUT2D eigenvalue weighted by molar-refractivity contribution is -0.870. The van der Waals surface area contributed by atoms with E-state index in [0.29, 0.717) is 0 Å². The van der Waals surface area contributed by atoms with E-state index in [4.69, 9.17) is 9.66 Å². The molecule has 0 unspecified atom stereocenters. The monoisotopic (exact) mass is 321 g/mol. The Hall–Kier alpha value is -1.68. The average molecular weight is 321 g/mol. The van der Waals surface area contributed by atoms with Crippen molar-refractivity contribution in [1.82, 2.24) is 0 Å². The van der Waals surface area contributed by atoms with Crippen molar-refractivity contribution in [2.45, 2.75) is 4.90 Å². The molecule has 1 aromatic carbocycles. The van der Waals surface area contributed by atoms with Crippen LogP contribution in [0.25, 0.3) is 0 Å². The summed E-state index contributed by atoms with van der Waals surface area (Å²) in [5.74, 6) is -0.491. The van der Waals surface area contributed by atoms with Crippen LogP contribution in [0.4, 0.5) is 4.79 Å². The molecule has 1 rings (SSSR count). The Kier molecular flexibility index (Phi) is 7.30. The minimum absolute atomic E-state index is 0.281. The summed E-state index contributed by atoms with van der Waals surface area (Å²) in [4.78, 5) is 9.42. The first-order valence-corrected chi connectivity index (χ1v) is 7.28. The third-order valence-electron chi connectivity index (χ3n) is 2.09. The molecule has 0 fully saturated rings. The van der Waals surface area contributed by atoms with Crippen LogP contribution in [0.2, 0.25) is 0 Å². The van der Waals surface area contributed by atoms with Gasteiger partial charge in [0.25, 0.3) is 16.3 Å². The van der Waals surface area contributed by atoms with Gasteiger partial charge in [0.1, 0.15) is 11.4 Å². The molecule has 120 valence electrons. The minimum Gasteiger partial charge on any atom is -0.513 e. The molecule has 0 spiro atoms. The zero-order valence-electron chi connectivity index (χ0n) is 12.0. The zero-order chi connectivity index (χ0) is 16.7. The number of hydrogen-bond acceptors (Lipinski definition) is 6. The van der Waals surface area contributed by atoms with Crippen molar-refractivity contribution in [3.05, 3.63) is 24.3 Å². The predicted octanol–water partition coefficient (Wildman–Crippen LogP) is -0.660. The number of aliphatic hydroxyl groups is 1. The molecule has 1 aromatic rings. The molecule has 0 atom stereocenters. The molecule has 0 saturated heterocycles. The molecule has 0 aromatic heterocycles. The fourth-order valence-corrected chi connectivity index (χ4v) is 1.75. The number of benzene rings is 1. The molecule has 0 radical (unpaired) electrons. The van der Waals surface area contributed by atoms with E-state index in [1.54, 1.807) is 0 Å². The molecule has 8 nitrogen and oxygen atoms in total. The summed E-state index contributed by atoms with van der Waals surface area (Å²) in [6.45, 7) is 1.11. The summed E-state index contributed by atoms with van der Waals surface area (Å²) in [6, 6.07) is 4.75. The number of ether oxygens (including phenoxy) is 1. The maximum absolute atomic E-state index is 10.7.